The van der Waals surface area contributed by atoms with Gasteiger partial charge in [-0.2, -0.15) is 5.10 Å². The zero-order valence-electron chi connectivity index (χ0n) is 14.8. The summed E-state index contributed by atoms with van der Waals surface area (Å²) in [5, 5.41) is 4.17. The lowest BCUT2D eigenvalue weighted by molar-refractivity contribution is -0.0760. The van der Waals surface area contributed by atoms with Gasteiger partial charge in [0.25, 0.3) is 0 Å². The number of sulfone groups is 1. The van der Waals surface area contributed by atoms with Gasteiger partial charge < -0.3 is 9.64 Å². The summed E-state index contributed by atoms with van der Waals surface area (Å²) in [5.74, 6) is 1.50. The standard InChI is InChI=1S/C15H20N6O4S/c1-10-16-6-11(26(3,23)24)13(17-10)20-5-4-15(8-20)9-21-12(7-25-15)18-19(2)14(21)22/h6H,4-5,7-9H2,1-3H3. The molecular weight excluding hydrogens is 360 g/mol. The number of rotatable bonds is 2. The Balaban J connectivity index is 1.67. The van der Waals surface area contributed by atoms with Gasteiger partial charge in [0, 0.05) is 19.8 Å². The predicted molar refractivity (Wildman–Crippen MR) is 91.7 cm³/mol. The van der Waals surface area contributed by atoms with Crippen LogP contribution in [0.2, 0.25) is 0 Å². The van der Waals surface area contributed by atoms with E-state index in [2.05, 4.69) is 15.1 Å². The molecule has 140 valence electrons. The van der Waals surface area contributed by atoms with Crippen molar-refractivity contribution in [3.63, 3.8) is 0 Å². The number of ether oxygens (including phenoxy) is 1. The Kier molecular flexibility index (Phi) is 3.70. The number of hydrogen-bond donors (Lipinski definition) is 0. The molecule has 0 bridgehead atoms. The van der Waals surface area contributed by atoms with Crippen molar-refractivity contribution in [1.29, 1.82) is 0 Å². The first-order valence-electron chi connectivity index (χ1n) is 8.24. The molecule has 4 rings (SSSR count). The molecule has 0 aliphatic carbocycles. The van der Waals surface area contributed by atoms with Crippen molar-refractivity contribution in [2.45, 2.75) is 37.0 Å². The van der Waals surface area contributed by atoms with Crippen LogP contribution >= 0.6 is 0 Å². The average Bonchev–Trinajstić information content (AvgIpc) is 3.10. The van der Waals surface area contributed by atoms with Crippen molar-refractivity contribution >= 4 is 15.7 Å². The third kappa shape index (κ3) is 2.71. The van der Waals surface area contributed by atoms with Gasteiger partial charge >= 0.3 is 5.69 Å². The highest BCUT2D eigenvalue weighted by Crippen LogP contribution is 2.35. The van der Waals surface area contributed by atoms with Crippen LogP contribution < -0.4 is 10.6 Å². The Labute approximate surface area is 150 Å². The molecule has 0 amide bonds. The van der Waals surface area contributed by atoms with Gasteiger partial charge in [0.1, 0.15) is 22.9 Å². The van der Waals surface area contributed by atoms with E-state index in [4.69, 9.17) is 4.74 Å². The minimum atomic E-state index is -3.46. The average molecular weight is 380 g/mol. The number of aromatic nitrogens is 5. The van der Waals surface area contributed by atoms with E-state index in [1.807, 2.05) is 4.90 Å². The minimum absolute atomic E-state index is 0.107. The number of aryl methyl sites for hydroxylation is 2. The number of anilines is 1. The molecule has 1 saturated heterocycles. The van der Waals surface area contributed by atoms with Gasteiger partial charge in [0.2, 0.25) is 0 Å². The second-order valence-corrected chi connectivity index (χ2v) is 8.91. The van der Waals surface area contributed by atoms with Gasteiger partial charge in [-0.15, -0.1) is 0 Å². The van der Waals surface area contributed by atoms with Gasteiger partial charge in [-0.1, -0.05) is 0 Å². The fourth-order valence-electron chi connectivity index (χ4n) is 3.58. The van der Waals surface area contributed by atoms with E-state index < -0.39 is 15.4 Å². The van der Waals surface area contributed by atoms with Crippen LogP contribution in [-0.4, -0.2) is 57.7 Å². The molecular formula is C15H20N6O4S. The maximum Gasteiger partial charge on any atom is 0.345 e. The van der Waals surface area contributed by atoms with E-state index in [1.54, 1.807) is 18.5 Å². The van der Waals surface area contributed by atoms with Gasteiger partial charge in [0.15, 0.2) is 21.5 Å². The van der Waals surface area contributed by atoms with E-state index in [0.29, 0.717) is 43.5 Å². The molecule has 1 atom stereocenters. The molecule has 0 radical (unpaired) electrons. The summed E-state index contributed by atoms with van der Waals surface area (Å²) in [5.41, 5.74) is -0.733. The van der Waals surface area contributed by atoms with Gasteiger partial charge in [-0.25, -0.2) is 27.9 Å². The lowest BCUT2D eigenvalue weighted by atomic mass is 10.0. The minimum Gasteiger partial charge on any atom is -0.363 e. The summed E-state index contributed by atoms with van der Waals surface area (Å²) in [6.07, 6.45) is 3.17. The largest absolute Gasteiger partial charge is 0.363 e. The van der Waals surface area contributed by atoms with Crippen LogP contribution in [-0.2, 0) is 34.8 Å². The second kappa shape index (κ2) is 5.61. The summed E-state index contributed by atoms with van der Waals surface area (Å²) in [4.78, 5) is 22.6. The Morgan fingerprint density at radius 3 is 2.81 bits per heavy atom. The molecule has 1 unspecified atom stereocenters. The fourth-order valence-corrected chi connectivity index (χ4v) is 4.33. The van der Waals surface area contributed by atoms with E-state index in [9.17, 15) is 13.2 Å². The van der Waals surface area contributed by atoms with E-state index in [0.717, 1.165) is 6.26 Å². The lowest BCUT2D eigenvalue weighted by Gasteiger charge is -2.33. The smallest absolute Gasteiger partial charge is 0.345 e. The Hall–Kier alpha value is -2.27. The summed E-state index contributed by atoms with van der Waals surface area (Å²) in [6.45, 7) is 3.41. The van der Waals surface area contributed by atoms with Crippen LogP contribution in [0.25, 0.3) is 0 Å². The van der Waals surface area contributed by atoms with Crippen LogP contribution in [0.15, 0.2) is 15.9 Å². The molecule has 11 heteroatoms. The van der Waals surface area contributed by atoms with Gasteiger partial charge in [0.05, 0.1) is 19.3 Å². The molecule has 2 aliphatic heterocycles. The maximum absolute atomic E-state index is 12.2. The van der Waals surface area contributed by atoms with E-state index >= 15 is 0 Å². The lowest BCUT2D eigenvalue weighted by Crippen LogP contribution is -2.46. The highest BCUT2D eigenvalue weighted by atomic mass is 32.2. The topological polar surface area (TPSA) is 112 Å². The quantitative estimate of drug-likeness (QED) is 0.670. The fraction of sp³-hybridized carbons (Fsp3) is 0.600. The van der Waals surface area contributed by atoms with Gasteiger partial charge in [-0.05, 0) is 13.3 Å². The summed E-state index contributed by atoms with van der Waals surface area (Å²) in [6, 6.07) is 0. The first-order chi connectivity index (χ1) is 12.2. The normalized spacial score (nSPS) is 22.8. The molecule has 2 aliphatic rings. The Morgan fingerprint density at radius 1 is 1.31 bits per heavy atom. The van der Waals surface area contributed by atoms with Crippen molar-refractivity contribution in [3.8, 4) is 0 Å². The first kappa shape index (κ1) is 17.2. The maximum atomic E-state index is 12.2. The van der Waals surface area contributed by atoms with Crippen molar-refractivity contribution in [2.24, 2.45) is 7.05 Å². The molecule has 0 aromatic carbocycles. The molecule has 10 nitrogen and oxygen atoms in total. The van der Waals surface area contributed by atoms with Crippen molar-refractivity contribution in [3.05, 3.63) is 28.3 Å². The molecule has 26 heavy (non-hydrogen) atoms. The second-order valence-electron chi connectivity index (χ2n) is 6.93. The zero-order chi connectivity index (χ0) is 18.7. The van der Waals surface area contributed by atoms with Crippen LogP contribution in [0.1, 0.15) is 18.1 Å². The molecule has 1 fully saturated rings. The number of fused-ring (bicyclic) bond motifs is 1. The summed E-state index contributed by atoms with van der Waals surface area (Å²) >= 11 is 0. The molecule has 2 aromatic heterocycles. The highest BCUT2D eigenvalue weighted by Gasteiger charge is 2.44. The SMILES string of the molecule is Cc1ncc(S(C)(=O)=O)c(N2CCC3(C2)Cn2c(nn(C)c2=O)CO3)n1. The molecule has 4 heterocycles. The van der Waals surface area contributed by atoms with Gasteiger partial charge in [-0.3, -0.25) is 4.57 Å². The van der Waals surface area contributed by atoms with E-state index in [1.165, 1.54) is 10.9 Å². The molecule has 2 aromatic rings. The van der Waals surface area contributed by atoms with Crippen LogP contribution in [0.3, 0.4) is 0 Å². The summed E-state index contributed by atoms with van der Waals surface area (Å²) < 4.78 is 33.2. The van der Waals surface area contributed by atoms with Crippen molar-refractivity contribution < 1.29 is 13.2 Å². The molecule has 0 saturated carbocycles. The van der Waals surface area contributed by atoms with Crippen LogP contribution in [0.5, 0.6) is 0 Å². The van der Waals surface area contributed by atoms with Crippen molar-refractivity contribution in [2.75, 3.05) is 24.2 Å². The third-order valence-electron chi connectivity index (χ3n) is 4.91. The number of hydrogen-bond acceptors (Lipinski definition) is 8. The molecule has 1 spiro atoms. The first-order valence-corrected chi connectivity index (χ1v) is 10.1. The molecule has 0 N–H and O–H groups in total. The zero-order valence-corrected chi connectivity index (χ0v) is 15.7. The Morgan fingerprint density at radius 2 is 2.08 bits per heavy atom. The van der Waals surface area contributed by atoms with Crippen LogP contribution in [0.4, 0.5) is 5.82 Å². The monoisotopic (exact) mass is 380 g/mol. The number of nitrogens with zero attached hydrogens (tertiary/aromatic N) is 6. The highest BCUT2D eigenvalue weighted by molar-refractivity contribution is 7.90. The predicted octanol–water partition coefficient (Wildman–Crippen LogP) is -0.737. The summed E-state index contributed by atoms with van der Waals surface area (Å²) in [7, 11) is -1.84. The van der Waals surface area contributed by atoms with E-state index in [-0.39, 0.29) is 17.2 Å². The third-order valence-corrected chi connectivity index (χ3v) is 6.00. The van der Waals surface area contributed by atoms with Crippen molar-refractivity contribution in [1.82, 2.24) is 24.3 Å². The Bertz CT molecular complexity index is 1040. The van der Waals surface area contributed by atoms with Crippen LogP contribution in [0, 0.1) is 6.92 Å².